The Morgan fingerprint density at radius 3 is 2.89 bits per heavy atom. The van der Waals surface area contributed by atoms with Crippen LogP contribution in [0.4, 0.5) is 0 Å². The normalized spacial score (nSPS) is 23.6. The molecule has 1 N–H and O–H groups in total. The quantitative estimate of drug-likeness (QED) is 0.766. The molecule has 5 nitrogen and oxygen atoms in total. The molecule has 2 aliphatic rings. The smallest absolute Gasteiger partial charge is 0.236 e. The van der Waals surface area contributed by atoms with Crippen LogP contribution in [0.2, 0.25) is 0 Å². The number of carbonyl (C=O) groups is 1. The van der Waals surface area contributed by atoms with Crippen molar-refractivity contribution in [2.24, 2.45) is 0 Å². The second-order valence-corrected chi connectivity index (χ2v) is 5.23. The number of hydrogen-bond donors (Lipinski definition) is 1. The molecule has 0 bridgehead atoms. The number of nitrogens with zero attached hydrogens (tertiary/aromatic N) is 2. The maximum atomic E-state index is 12.2. The van der Waals surface area contributed by atoms with E-state index in [1.54, 1.807) is 0 Å². The molecule has 0 spiro atoms. The van der Waals surface area contributed by atoms with Crippen LogP contribution in [-0.2, 0) is 9.53 Å². The van der Waals surface area contributed by atoms with Gasteiger partial charge in [0.25, 0.3) is 0 Å². The van der Waals surface area contributed by atoms with E-state index in [1.807, 2.05) is 11.9 Å². The van der Waals surface area contributed by atoms with E-state index in [-0.39, 0.29) is 5.91 Å². The molecule has 2 heterocycles. The van der Waals surface area contributed by atoms with Gasteiger partial charge in [-0.15, -0.1) is 0 Å². The van der Waals surface area contributed by atoms with Crippen molar-refractivity contribution < 1.29 is 9.53 Å². The second kappa shape index (κ2) is 7.07. The number of likely N-dealkylation sites (N-methyl/N-ethyl adjacent to an activating group) is 1. The fourth-order valence-electron chi connectivity index (χ4n) is 2.64. The molecule has 2 fully saturated rings. The molecular formula is C13H25N3O2. The van der Waals surface area contributed by atoms with Gasteiger partial charge in [-0.2, -0.15) is 0 Å². The minimum absolute atomic E-state index is 0.254. The molecule has 0 aromatic carbocycles. The molecule has 0 saturated carbocycles. The van der Waals surface area contributed by atoms with Crippen LogP contribution in [-0.4, -0.2) is 74.7 Å². The average Bonchev–Trinajstić information content (AvgIpc) is 2.67. The van der Waals surface area contributed by atoms with Crippen molar-refractivity contribution in [3.8, 4) is 0 Å². The highest BCUT2D eigenvalue weighted by atomic mass is 16.5. The highest BCUT2D eigenvalue weighted by Crippen LogP contribution is 2.13. The largest absolute Gasteiger partial charge is 0.381 e. The van der Waals surface area contributed by atoms with Gasteiger partial charge in [0.05, 0.1) is 6.54 Å². The summed E-state index contributed by atoms with van der Waals surface area (Å²) in [4.78, 5) is 16.4. The SMILES string of the molecule is CN(C(=O)CN1CCCNCC1)C1CCOCC1. The fourth-order valence-corrected chi connectivity index (χ4v) is 2.64. The molecule has 0 aromatic heterocycles. The van der Waals surface area contributed by atoms with E-state index >= 15 is 0 Å². The summed E-state index contributed by atoms with van der Waals surface area (Å²) >= 11 is 0. The van der Waals surface area contributed by atoms with Crippen LogP contribution >= 0.6 is 0 Å². The maximum Gasteiger partial charge on any atom is 0.236 e. The van der Waals surface area contributed by atoms with Crippen LogP contribution in [0.3, 0.4) is 0 Å². The summed E-state index contributed by atoms with van der Waals surface area (Å²) in [6.45, 7) is 6.21. The van der Waals surface area contributed by atoms with Gasteiger partial charge in [-0.05, 0) is 32.4 Å². The molecule has 5 heteroatoms. The summed E-state index contributed by atoms with van der Waals surface area (Å²) in [7, 11) is 1.94. The first-order valence-corrected chi connectivity index (χ1v) is 7.04. The Bertz CT molecular complexity index is 259. The standard InChI is InChI=1S/C13H25N3O2/c1-15(12-3-9-18-10-4-12)13(17)11-16-7-2-5-14-6-8-16/h12,14H,2-11H2,1H3. The van der Waals surface area contributed by atoms with Gasteiger partial charge in [0.1, 0.15) is 0 Å². The van der Waals surface area contributed by atoms with Crippen molar-refractivity contribution >= 4 is 5.91 Å². The van der Waals surface area contributed by atoms with E-state index in [4.69, 9.17) is 4.74 Å². The lowest BCUT2D eigenvalue weighted by molar-refractivity contribution is -0.134. The molecule has 104 valence electrons. The van der Waals surface area contributed by atoms with Crippen molar-refractivity contribution in [3.05, 3.63) is 0 Å². The Morgan fingerprint density at radius 2 is 2.11 bits per heavy atom. The van der Waals surface area contributed by atoms with Crippen LogP contribution in [0.25, 0.3) is 0 Å². The van der Waals surface area contributed by atoms with Gasteiger partial charge in [-0.1, -0.05) is 0 Å². The Hall–Kier alpha value is -0.650. The molecular weight excluding hydrogens is 230 g/mol. The maximum absolute atomic E-state index is 12.2. The highest BCUT2D eigenvalue weighted by Gasteiger charge is 2.23. The van der Waals surface area contributed by atoms with Gasteiger partial charge >= 0.3 is 0 Å². The Labute approximate surface area is 109 Å². The van der Waals surface area contributed by atoms with Crippen LogP contribution in [0.5, 0.6) is 0 Å². The minimum Gasteiger partial charge on any atom is -0.381 e. The molecule has 1 amide bonds. The molecule has 0 unspecified atom stereocenters. The van der Waals surface area contributed by atoms with Crippen molar-refractivity contribution in [1.82, 2.24) is 15.1 Å². The van der Waals surface area contributed by atoms with E-state index in [2.05, 4.69) is 10.2 Å². The van der Waals surface area contributed by atoms with Crippen LogP contribution in [0, 0.1) is 0 Å². The number of hydrogen-bond acceptors (Lipinski definition) is 4. The number of amides is 1. The second-order valence-electron chi connectivity index (χ2n) is 5.23. The number of nitrogens with one attached hydrogen (secondary N) is 1. The fraction of sp³-hybridized carbons (Fsp3) is 0.923. The van der Waals surface area contributed by atoms with Gasteiger partial charge in [0.15, 0.2) is 0 Å². The van der Waals surface area contributed by atoms with Crippen LogP contribution in [0.15, 0.2) is 0 Å². The van der Waals surface area contributed by atoms with E-state index in [9.17, 15) is 4.79 Å². The van der Waals surface area contributed by atoms with E-state index in [1.165, 1.54) is 0 Å². The van der Waals surface area contributed by atoms with Crippen LogP contribution < -0.4 is 5.32 Å². The number of carbonyl (C=O) groups excluding carboxylic acids is 1. The molecule has 0 aliphatic carbocycles. The number of ether oxygens (including phenoxy) is 1. The molecule has 0 aromatic rings. The first kappa shape index (κ1) is 13.8. The lowest BCUT2D eigenvalue weighted by atomic mass is 10.1. The van der Waals surface area contributed by atoms with Gasteiger partial charge in [0.2, 0.25) is 5.91 Å². The lowest BCUT2D eigenvalue weighted by Gasteiger charge is -2.32. The molecule has 2 rings (SSSR count). The Balaban J connectivity index is 1.78. The third-order valence-electron chi connectivity index (χ3n) is 3.92. The molecule has 18 heavy (non-hydrogen) atoms. The van der Waals surface area contributed by atoms with Gasteiger partial charge in [-0.3, -0.25) is 9.69 Å². The molecule has 0 atom stereocenters. The van der Waals surface area contributed by atoms with E-state index in [0.29, 0.717) is 12.6 Å². The first-order valence-electron chi connectivity index (χ1n) is 7.04. The van der Waals surface area contributed by atoms with E-state index in [0.717, 1.165) is 58.7 Å². The van der Waals surface area contributed by atoms with Crippen molar-refractivity contribution in [2.75, 3.05) is 53.0 Å². The Kier molecular flexibility index (Phi) is 5.41. The zero-order chi connectivity index (χ0) is 12.8. The average molecular weight is 255 g/mol. The Morgan fingerprint density at radius 1 is 1.33 bits per heavy atom. The molecule has 2 aliphatic heterocycles. The lowest BCUT2D eigenvalue weighted by Crippen LogP contribution is -2.46. The van der Waals surface area contributed by atoms with Gasteiger partial charge < -0.3 is 15.0 Å². The molecule has 0 radical (unpaired) electrons. The summed E-state index contributed by atoms with van der Waals surface area (Å²) in [6, 6.07) is 0.372. The van der Waals surface area contributed by atoms with Crippen LogP contribution in [0.1, 0.15) is 19.3 Å². The van der Waals surface area contributed by atoms with Gasteiger partial charge in [0, 0.05) is 39.4 Å². The summed E-state index contributed by atoms with van der Waals surface area (Å²) in [5.41, 5.74) is 0. The zero-order valence-electron chi connectivity index (χ0n) is 11.4. The monoisotopic (exact) mass is 255 g/mol. The summed E-state index contributed by atoms with van der Waals surface area (Å²) < 4.78 is 5.34. The predicted molar refractivity (Wildman–Crippen MR) is 70.5 cm³/mol. The zero-order valence-corrected chi connectivity index (χ0v) is 11.4. The topological polar surface area (TPSA) is 44.8 Å². The highest BCUT2D eigenvalue weighted by molar-refractivity contribution is 5.78. The van der Waals surface area contributed by atoms with E-state index < -0.39 is 0 Å². The van der Waals surface area contributed by atoms with Crippen molar-refractivity contribution in [1.29, 1.82) is 0 Å². The molecule has 2 saturated heterocycles. The minimum atomic E-state index is 0.254. The summed E-state index contributed by atoms with van der Waals surface area (Å²) in [5, 5.41) is 3.36. The van der Waals surface area contributed by atoms with Gasteiger partial charge in [-0.25, -0.2) is 0 Å². The predicted octanol–water partition coefficient (Wildman–Crippen LogP) is -0.0809. The third kappa shape index (κ3) is 3.93. The summed E-state index contributed by atoms with van der Waals surface area (Å²) in [5.74, 6) is 0.254. The number of rotatable bonds is 3. The third-order valence-corrected chi connectivity index (χ3v) is 3.92. The van der Waals surface area contributed by atoms with Crippen molar-refractivity contribution in [3.63, 3.8) is 0 Å². The van der Waals surface area contributed by atoms with Crippen molar-refractivity contribution in [2.45, 2.75) is 25.3 Å². The summed E-state index contributed by atoms with van der Waals surface area (Å²) in [6.07, 6.45) is 3.09. The first-order chi connectivity index (χ1) is 8.77.